The van der Waals surface area contributed by atoms with Crippen LogP contribution in [0.4, 0.5) is 18.2 Å². The Balaban J connectivity index is 2.29. The van der Waals surface area contributed by atoms with Crippen LogP contribution in [0, 0.1) is 20.8 Å². The van der Waals surface area contributed by atoms with Gasteiger partial charge in [0.2, 0.25) is 5.91 Å². The molecule has 0 saturated carbocycles. The number of nitrogens with zero attached hydrogens (tertiary/aromatic N) is 2. The number of amides is 1. The first-order valence-electron chi connectivity index (χ1n) is 8.18. The Morgan fingerprint density at radius 3 is 2.48 bits per heavy atom. The maximum absolute atomic E-state index is 12.8. The van der Waals surface area contributed by atoms with Crippen molar-refractivity contribution in [2.75, 3.05) is 11.9 Å². The maximum Gasteiger partial charge on any atom is 0.435 e. The lowest BCUT2D eigenvalue weighted by atomic mass is 10.1. The Hall–Kier alpha value is -2.36. The van der Waals surface area contributed by atoms with Gasteiger partial charge >= 0.3 is 12.1 Å². The topological polar surface area (TPSA) is 73.2 Å². The minimum atomic E-state index is -4.59. The molecule has 0 fully saturated rings. The lowest BCUT2D eigenvalue weighted by Gasteiger charge is -2.14. The van der Waals surface area contributed by atoms with Gasteiger partial charge in [0, 0.05) is 10.6 Å². The zero-order chi connectivity index (χ0) is 20.5. The minimum absolute atomic E-state index is 0.184. The van der Waals surface area contributed by atoms with Crippen LogP contribution in [0.2, 0.25) is 0 Å². The number of aryl methyl sites for hydroxylation is 2. The van der Waals surface area contributed by atoms with Gasteiger partial charge < -0.3 is 10.1 Å². The number of nitrogens with one attached hydrogen (secondary N) is 1. The van der Waals surface area contributed by atoms with Crippen molar-refractivity contribution in [3.05, 3.63) is 33.5 Å². The molecule has 27 heavy (non-hydrogen) atoms. The summed E-state index contributed by atoms with van der Waals surface area (Å²) in [5, 5.41) is 6.42. The molecular formula is C17H20F3N3O3S. The monoisotopic (exact) mass is 403 g/mol. The Labute approximate surface area is 158 Å². The number of rotatable bonds is 5. The van der Waals surface area contributed by atoms with Gasteiger partial charge in [-0.15, -0.1) is 11.3 Å². The van der Waals surface area contributed by atoms with Gasteiger partial charge in [0.05, 0.1) is 12.2 Å². The van der Waals surface area contributed by atoms with Crippen LogP contribution in [0.3, 0.4) is 0 Å². The second-order valence-electron chi connectivity index (χ2n) is 5.99. The largest absolute Gasteiger partial charge is 0.462 e. The van der Waals surface area contributed by atoms with Crippen molar-refractivity contribution in [1.82, 2.24) is 9.78 Å². The van der Waals surface area contributed by atoms with Gasteiger partial charge in [0.25, 0.3) is 0 Å². The molecule has 148 valence electrons. The number of thiophene rings is 1. The van der Waals surface area contributed by atoms with E-state index >= 15 is 0 Å². The Morgan fingerprint density at radius 1 is 1.33 bits per heavy atom. The van der Waals surface area contributed by atoms with Crippen molar-refractivity contribution in [2.24, 2.45) is 0 Å². The number of alkyl halides is 3. The predicted molar refractivity (Wildman–Crippen MR) is 95.1 cm³/mol. The highest BCUT2D eigenvalue weighted by atomic mass is 32.1. The second kappa shape index (κ2) is 7.71. The lowest BCUT2D eigenvalue weighted by Crippen LogP contribution is -2.26. The van der Waals surface area contributed by atoms with Crippen LogP contribution in [0.15, 0.2) is 6.07 Å². The first-order valence-corrected chi connectivity index (χ1v) is 9.00. The number of hydrogen-bond donors (Lipinski definition) is 1. The molecule has 0 aromatic carbocycles. The lowest BCUT2D eigenvalue weighted by molar-refractivity contribution is -0.141. The summed E-state index contributed by atoms with van der Waals surface area (Å²) in [4.78, 5) is 25.6. The zero-order valence-electron chi connectivity index (χ0n) is 15.5. The summed E-state index contributed by atoms with van der Waals surface area (Å²) in [6, 6.07) is -0.119. The average Bonchev–Trinajstić information content (AvgIpc) is 3.07. The molecule has 2 rings (SSSR count). The van der Waals surface area contributed by atoms with E-state index in [0.717, 1.165) is 15.6 Å². The van der Waals surface area contributed by atoms with E-state index in [1.54, 1.807) is 20.8 Å². The number of hydrogen-bond acceptors (Lipinski definition) is 5. The smallest absolute Gasteiger partial charge is 0.435 e. The third-order valence-electron chi connectivity index (χ3n) is 4.06. The molecule has 0 aliphatic rings. The molecule has 1 atom stereocenters. The number of esters is 1. The molecule has 1 amide bonds. The molecule has 1 N–H and O–H groups in total. The van der Waals surface area contributed by atoms with Crippen LogP contribution in [0.1, 0.15) is 52.1 Å². The number of anilines is 1. The average molecular weight is 403 g/mol. The fourth-order valence-electron chi connectivity index (χ4n) is 2.51. The van der Waals surface area contributed by atoms with Gasteiger partial charge in [0.1, 0.15) is 11.0 Å². The fourth-order valence-corrected chi connectivity index (χ4v) is 3.56. The summed E-state index contributed by atoms with van der Waals surface area (Å²) < 4.78 is 44.5. The molecule has 0 bridgehead atoms. The standard InChI is InChI=1S/C17H20F3N3O3S/c1-6-26-16(25)13-9(3)11(5)27-15(13)21-14(24)10(4)23-8(2)7-12(22-23)17(18,19)20/h7,10H,6H2,1-5H3,(H,21,24). The molecular weight excluding hydrogens is 383 g/mol. The number of carbonyl (C=O) groups is 2. The SMILES string of the molecule is CCOC(=O)c1c(NC(=O)C(C)n2nc(C(F)(F)F)cc2C)sc(C)c1C. The van der Waals surface area contributed by atoms with E-state index in [9.17, 15) is 22.8 Å². The number of aromatic nitrogens is 2. The van der Waals surface area contributed by atoms with Crippen molar-refractivity contribution < 1.29 is 27.5 Å². The summed E-state index contributed by atoms with van der Waals surface area (Å²) in [7, 11) is 0. The van der Waals surface area contributed by atoms with Crippen molar-refractivity contribution in [3.63, 3.8) is 0 Å². The molecule has 0 aliphatic heterocycles. The Morgan fingerprint density at radius 2 is 1.96 bits per heavy atom. The molecule has 2 heterocycles. The minimum Gasteiger partial charge on any atom is -0.462 e. The molecule has 6 nitrogen and oxygen atoms in total. The van der Waals surface area contributed by atoms with Gasteiger partial charge in [-0.25, -0.2) is 4.79 Å². The van der Waals surface area contributed by atoms with E-state index < -0.39 is 29.8 Å². The van der Waals surface area contributed by atoms with Crippen LogP contribution in [0.25, 0.3) is 0 Å². The first kappa shape index (κ1) is 20.9. The summed E-state index contributed by atoms with van der Waals surface area (Å²) in [6.45, 7) is 8.27. The van der Waals surface area contributed by atoms with Crippen molar-refractivity contribution in [2.45, 2.75) is 46.8 Å². The summed E-state index contributed by atoms with van der Waals surface area (Å²) >= 11 is 1.21. The fraction of sp³-hybridized carbons (Fsp3) is 0.471. The van der Waals surface area contributed by atoms with E-state index in [2.05, 4.69) is 10.4 Å². The Kier molecular flexibility index (Phi) is 5.98. The molecule has 0 saturated heterocycles. The highest BCUT2D eigenvalue weighted by molar-refractivity contribution is 7.16. The second-order valence-corrected chi connectivity index (χ2v) is 7.21. The first-order chi connectivity index (χ1) is 12.5. The van der Waals surface area contributed by atoms with E-state index in [1.807, 2.05) is 0 Å². The quantitative estimate of drug-likeness (QED) is 0.757. The molecule has 2 aromatic heterocycles. The third kappa shape index (κ3) is 4.32. The van der Waals surface area contributed by atoms with Crippen molar-refractivity contribution >= 4 is 28.2 Å². The zero-order valence-corrected chi connectivity index (χ0v) is 16.3. The predicted octanol–water partition coefficient (Wildman–Crippen LogP) is 4.27. The molecule has 0 aliphatic carbocycles. The molecule has 1 unspecified atom stereocenters. The third-order valence-corrected chi connectivity index (χ3v) is 5.18. The summed E-state index contributed by atoms with van der Waals surface area (Å²) in [5.74, 6) is -1.14. The van der Waals surface area contributed by atoms with E-state index in [-0.39, 0.29) is 17.9 Å². The highest BCUT2D eigenvalue weighted by Gasteiger charge is 2.35. The van der Waals surface area contributed by atoms with Crippen LogP contribution < -0.4 is 5.32 Å². The summed E-state index contributed by atoms with van der Waals surface area (Å²) in [5.41, 5.74) is 0.0907. The molecule has 2 aromatic rings. The molecule has 0 radical (unpaired) electrons. The van der Waals surface area contributed by atoms with E-state index in [0.29, 0.717) is 10.6 Å². The van der Waals surface area contributed by atoms with Gasteiger partial charge in [0.15, 0.2) is 5.69 Å². The van der Waals surface area contributed by atoms with Crippen LogP contribution in [-0.4, -0.2) is 28.3 Å². The van der Waals surface area contributed by atoms with Gasteiger partial charge in [-0.1, -0.05) is 0 Å². The van der Waals surface area contributed by atoms with Gasteiger partial charge in [-0.05, 0) is 46.2 Å². The van der Waals surface area contributed by atoms with Gasteiger partial charge in [-0.3, -0.25) is 9.48 Å². The van der Waals surface area contributed by atoms with Crippen LogP contribution >= 0.6 is 11.3 Å². The van der Waals surface area contributed by atoms with Crippen LogP contribution in [-0.2, 0) is 15.7 Å². The van der Waals surface area contributed by atoms with Gasteiger partial charge in [-0.2, -0.15) is 18.3 Å². The maximum atomic E-state index is 12.8. The normalized spacial score (nSPS) is 12.7. The number of halogens is 3. The molecule has 10 heteroatoms. The van der Waals surface area contributed by atoms with Crippen molar-refractivity contribution in [1.29, 1.82) is 0 Å². The van der Waals surface area contributed by atoms with E-state index in [1.165, 1.54) is 25.2 Å². The van der Waals surface area contributed by atoms with Crippen LogP contribution in [0.5, 0.6) is 0 Å². The highest BCUT2D eigenvalue weighted by Crippen LogP contribution is 2.34. The van der Waals surface area contributed by atoms with Crippen molar-refractivity contribution in [3.8, 4) is 0 Å². The number of carbonyl (C=O) groups excluding carboxylic acids is 2. The summed E-state index contributed by atoms with van der Waals surface area (Å²) in [6.07, 6.45) is -4.59. The Bertz CT molecular complexity index is 871. The number of ether oxygens (including phenoxy) is 1. The van der Waals surface area contributed by atoms with E-state index in [4.69, 9.17) is 4.74 Å². The molecule has 0 spiro atoms.